The van der Waals surface area contributed by atoms with E-state index in [9.17, 15) is 4.39 Å². The molecule has 15 heavy (non-hydrogen) atoms. The molecule has 0 aliphatic heterocycles. The average Bonchev–Trinajstić information content (AvgIpc) is 2.22. The molecular formula is C12H18FNO. The summed E-state index contributed by atoms with van der Waals surface area (Å²) in [7, 11) is 0. The van der Waals surface area contributed by atoms with Crippen molar-refractivity contribution in [1.82, 2.24) is 0 Å². The van der Waals surface area contributed by atoms with Crippen LogP contribution in [-0.2, 0) is 6.42 Å². The number of hydrogen-bond acceptors (Lipinski definition) is 2. The number of alkyl halides is 1. The second-order valence-electron chi connectivity index (χ2n) is 3.95. The molecule has 1 aromatic carbocycles. The van der Waals surface area contributed by atoms with Gasteiger partial charge in [0.1, 0.15) is 11.4 Å². The van der Waals surface area contributed by atoms with Gasteiger partial charge >= 0.3 is 0 Å². The molecule has 1 atom stereocenters. The molecule has 84 valence electrons. The van der Waals surface area contributed by atoms with E-state index in [-0.39, 0.29) is 12.3 Å². The Hall–Kier alpha value is -1.09. The van der Waals surface area contributed by atoms with Gasteiger partial charge in [-0.2, -0.15) is 0 Å². The van der Waals surface area contributed by atoms with Crippen LogP contribution in [0.15, 0.2) is 24.3 Å². The average molecular weight is 211 g/mol. The molecule has 0 saturated heterocycles. The molecule has 1 rings (SSSR count). The van der Waals surface area contributed by atoms with Crippen molar-refractivity contribution in [1.29, 1.82) is 0 Å². The van der Waals surface area contributed by atoms with Crippen molar-refractivity contribution < 1.29 is 9.50 Å². The van der Waals surface area contributed by atoms with Crippen LogP contribution in [0.1, 0.15) is 25.3 Å². The Labute approximate surface area is 89.9 Å². The van der Waals surface area contributed by atoms with Crippen LogP contribution in [0.2, 0.25) is 0 Å². The minimum absolute atomic E-state index is 0.0434. The van der Waals surface area contributed by atoms with E-state index in [4.69, 9.17) is 10.8 Å². The van der Waals surface area contributed by atoms with Gasteiger partial charge in [-0.1, -0.05) is 25.5 Å². The summed E-state index contributed by atoms with van der Waals surface area (Å²) in [4.78, 5) is 0. The third kappa shape index (κ3) is 3.51. The molecular weight excluding hydrogens is 193 g/mol. The lowest BCUT2D eigenvalue weighted by Crippen LogP contribution is -2.35. The molecule has 3 heteroatoms. The van der Waals surface area contributed by atoms with Crippen molar-refractivity contribution in [2.45, 2.75) is 31.9 Å². The maximum absolute atomic E-state index is 14.1. The fraction of sp³-hybridized carbons (Fsp3) is 0.500. The normalized spacial score (nSPS) is 14.9. The summed E-state index contributed by atoms with van der Waals surface area (Å²) < 4.78 is 14.1. The van der Waals surface area contributed by atoms with Gasteiger partial charge < -0.3 is 10.8 Å². The van der Waals surface area contributed by atoms with Gasteiger partial charge in [0.05, 0.1) is 0 Å². The molecule has 0 fully saturated rings. The number of benzene rings is 1. The van der Waals surface area contributed by atoms with Crippen LogP contribution >= 0.6 is 0 Å². The number of aromatic hydroxyl groups is 1. The Balaban J connectivity index is 2.70. The van der Waals surface area contributed by atoms with Crippen LogP contribution in [0.3, 0.4) is 0 Å². The molecule has 1 unspecified atom stereocenters. The number of rotatable bonds is 5. The molecule has 0 aliphatic rings. The topological polar surface area (TPSA) is 46.2 Å². The second kappa shape index (κ2) is 5.12. The zero-order valence-electron chi connectivity index (χ0n) is 9.04. The van der Waals surface area contributed by atoms with Crippen LogP contribution in [-0.4, -0.2) is 17.3 Å². The minimum Gasteiger partial charge on any atom is -0.508 e. The quantitative estimate of drug-likeness (QED) is 0.785. The smallest absolute Gasteiger partial charge is 0.127 e. The van der Waals surface area contributed by atoms with Crippen LogP contribution in [0.4, 0.5) is 4.39 Å². The maximum Gasteiger partial charge on any atom is 0.127 e. The second-order valence-corrected chi connectivity index (χ2v) is 3.95. The van der Waals surface area contributed by atoms with Gasteiger partial charge in [0.2, 0.25) is 0 Å². The van der Waals surface area contributed by atoms with Gasteiger partial charge in [-0.05, 0) is 24.1 Å². The Morgan fingerprint density at radius 3 is 2.40 bits per heavy atom. The fourth-order valence-electron chi connectivity index (χ4n) is 1.69. The van der Waals surface area contributed by atoms with E-state index < -0.39 is 5.67 Å². The summed E-state index contributed by atoms with van der Waals surface area (Å²) in [5, 5.41) is 9.10. The van der Waals surface area contributed by atoms with Crippen LogP contribution in [0.5, 0.6) is 5.75 Å². The van der Waals surface area contributed by atoms with Gasteiger partial charge in [0.25, 0.3) is 0 Å². The lowest BCUT2D eigenvalue weighted by atomic mass is 9.92. The fourth-order valence-corrected chi connectivity index (χ4v) is 1.69. The molecule has 0 amide bonds. The Morgan fingerprint density at radius 1 is 1.33 bits per heavy atom. The maximum atomic E-state index is 14.1. The van der Waals surface area contributed by atoms with Gasteiger partial charge in [-0.3, -0.25) is 0 Å². The van der Waals surface area contributed by atoms with E-state index in [1.165, 1.54) is 0 Å². The lowest BCUT2D eigenvalue weighted by molar-refractivity contribution is 0.158. The van der Waals surface area contributed by atoms with Crippen molar-refractivity contribution in [3.05, 3.63) is 29.8 Å². The molecule has 1 aromatic rings. The van der Waals surface area contributed by atoms with Crippen molar-refractivity contribution in [2.24, 2.45) is 5.73 Å². The first-order chi connectivity index (χ1) is 7.09. The van der Waals surface area contributed by atoms with Crippen molar-refractivity contribution in [2.75, 3.05) is 6.54 Å². The van der Waals surface area contributed by atoms with Crippen molar-refractivity contribution in [3.63, 3.8) is 0 Å². The molecule has 0 radical (unpaired) electrons. The van der Waals surface area contributed by atoms with Crippen LogP contribution in [0.25, 0.3) is 0 Å². The molecule has 0 aromatic heterocycles. The summed E-state index contributed by atoms with van der Waals surface area (Å²) in [5.41, 5.74) is 5.00. The molecule has 0 spiro atoms. The standard InChI is InChI=1S/C12H18FNO/c1-2-7-12(13,9-14)8-10-3-5-11(15)6-4-10/h3-6,15H,2,7-9,14H2,1H3. The van der Waals surface area contributed by atoms with E-state index in [0.717, 1.165) is 12.0 Å². The zero-order chi connectivity index (χ0) is 11.3. The van der Waals surface area contributed by atoms with E-state index in [2.05, 4.69) is 0 Å². The lowest BCUT2D eigenvalue weighted by Gasteiger charge is -2.23. The van der Waals surface area contributed by atoms with Crippen molar-refractivity contribution in [3.8, 4) is 5.75 Å². The van der Waals surface area contributed by atoms with Gasteiger partial charge in [0.15, 0.2) is 0 Å². The molecule has 0 heterocycles. The van der Waals surface area contributed by atoms with Crippen LogP contribution in [0, 0.1) is 0 Å². The number of phenolic OH excluding ortho intramolecular Hbond substituents is 1. The summed E-state index contributed by atoms with van der Waals surface area (Å²) in [6.07, 6.45) is 1.58. The third-order valence-corrected chi connectivity index (χ3v) is 2.52. The van der Waals surface area contributed by atoms with Gasteiger partial charge in [-0.25, -0.2) is 4.39 Å². The monoisotopic (exact) mass is 211 g/mol. The first-order valence-corrected chi connectivity index (χ1v) is 5.26. The number of phenols is 1. The molecule has 0 saturated carbocycles. The van der Waals surface area contributed by atoms with E-state index in [1.807, 2.05) is 6.92 Å². The van der Waals surface area contributed by atoms with E-state index in [0.29, 0.717) is 12.8 Å². The minimum atomic E-state index is -1.31. The molecule has 0 bridgehead atoms. The highest BCUT2D eigenvalue weighted by Gasteiger charge is 2.26. The number of hydrogen-bond donors (Lipinski definition) is 2. The van der Waals surface area contributed by atoms with Crippen LogP contribution < -0.4 is 5.73 Å². The van der Waals surface area contributed by atoms with Gasteiger partial charge in [-0.15, -0.1) is 0 Å². The first kappa shape index (κ1) is 12.0. The zero-order valence-corrected chi connectivity index (χ0v) is 9.04. The van der Waals surface area contributed by atoms with Gasteiger partial charge in [0, 0.05) is 13.0 Å². The summed E-state index contributed by atoms with van der Waals surface area (Å²) in [6, 6.07) is 6.60. The highest BCUT2D eigenvalue weighted by atomic mass is 19.1. The highest BCUT2D eigenvalue weighted by molar-refractivity contribution is 5.27. The van der Waals surface area contributed by atoms with E-state index >= 15 is 0 Å². The Kier molecular flexibility index (Phi) is 4.09. The molecule has 0 aliphatic carbocycles. The largest absolute Gasteiger partial charge is 0.508 e. The van der Waals surface area contributed by atoms with Crippen molar-refractivity contribution >= 4 is 0 Å². The molecule has 2 nitrogen and oxygen atoms in total. The predicted octanol–water partition coefficient (Wildman–Crippen LogP) is 2.40. The summed E-state index contributed by atoms with van der Waals surface area (Å²) in [6.45, 7) is 1.99. The summed E-state index contributed by atoms with van der Waals surface area (Å²) >= 11 is 0. The SMILES string of the molecule is CCCC(F)(CN)Cc1ccc(O)cc1. The highest BCUT2D eigenvalue weighted by Crippen LogP contribution is 2.23. The number of nitrogens with two attached hydrogens (primary N) is 1. The van der Waals surface area contributed by atoms with E-state index in [1.54, 1.807) is 24.3 Å². The molecule has 3 N–H and O–H groups in total. The Bertz CT molecular complexity index is 299. The first-order valence-electron chi connectivity index (χ1n) is 5.26. The number of halogens is 1. The predicted molar refractivity (Wildman–Crippen MR) is 59.6 cm³/mol. The third-order valence-electron chi connectivity index (χ3n) is 2.52. The Morgan fingerprint density at radius 2 is 1.93 bits per heavy atom. The summed E-state index contributed by atoms with van der Waals surface area (Å²) in [5.74, 6) is 0.200.